The monoisotopic (exact) mass is 162 g/mol. The maximum Gasteiger partial charge on any atom is 0.124 e. The van der Waals surface area contributed by atoms with Gasteiger partial charge < -0.3 is 0 Å². The van der Waals surface area contributed by atoms with Crippen LogP contribution in [0.2, 0.25) is 0 Å². The minimum atomic E-state index is -0.525. The Morgan fingerprint density at radius 3 is 2.92 bits per heavy atom. The zero-order valence-corrected chi connectivity index (χ0v) is 5.90. The highest BCUT2D eigenvalue weighted by Gasteiger charge is 2.00. The maximum atomic E-state index is 12.5. The quantitative estimate of drug-likeness (QED) is 0.355. The van der Waals surface area contributed by atoms with Crippen molar-refractivity contribution in [1.29, 1.82) is 5.26 Å². The maximum absolute atomic E-state index is 12.5. The number of rotatable bonds is 1. The second-order valence-corrected chi connectivity index (χ2v) is 1.96. The van der Waals surface area contributed by atoms with E-state index in [0.29, 0.717) is 0 Å². The molecular weight excluding hydrogens is 159 g/mol. The van der Waals surface area contributed by atoms with E-state index in [0.717, 1.165) is 12.1 Å². The summed E-state index contributed by atoms with van der Waals surface area (Å²) in [6.07, 6.45) is 0. The molecule has 0 aromatic heterocycles. The minimum Gasteiger partial charge on any atom is -0.207 e. The van der Waals surface area contributed by atoms with E-state index in [4.69, 9.17) is 10.8 Å². The number of hydrogen-bond acceptors (Lipinski definition) is 2. The summed E-state index contributed by atoms with van der Waals surface area (Å²) in [6, 6.07) is 5.12. The van der Waals surface area contributed by atoms with E-state index in [2.05, 4.69) is 10.0 Å². The third-order valence-corrected chi connectivity index (χ3v) is 1.23. The third kappa shape index (κ3) is 1.51. The van der Waals surface area contributed by atoms with Crippen LogP contribution >= 0.6 is 0 Å². The zero-order chi connectivity index (χ0) is 8.97. The molecule has 0 heterocycles. The average Bonchev–Trinajstić information content (AvgIpc) is 2.08. The van der Waals surface area contributed by atoms with Gasteiger partial charge in [-0.2, -0.15) is 5.26 Å². The Morgan fingerprint density at radius 1 is 1.58 bits per heavy atom. The number of hydrogen-bond donors (Lipinski definition) is 0. The zero-order valence-electron chi connectivity index (χ0n) is 5.90. The van der Waals surface area contributed by atoms with Crippen molar-refractivity contribution in [1.82, 2.24) is 0 Å². The molecule has 0 saturated carbocycles. The van der Waals surface area contributed by atoms with Crippen molar-refractivity contribution in [3.05, 3.63) is 40.0 Å². The topological polar surface area (TPSA) is 72.5 Å². The van der Waals surface area contributed by atoms with Crippen LogP contribution in [-0.4, -0.2) is 0 Å². The number of benzene rings is 1. The molecule has 0 amide bonds. The molecule has 4 nitrogen and oxygen atoms in total. The van der Waals surface area contributed by atoms with Gasteiger partial charge in [0.15, 0.2) is 0 Å². The number of azide groups is 1. The molecular formula is C7H3FN4. The van der Waals surface area contributed by atoms with E-state index in [-0.39, 0.29) is 11.3 Å². The van der Waals surface area contributed by atoms with Gasteiger partial charge in [-0.15, -0.1) is 0 Å². The van der Waals surface area contributed by atoms with Crippen molar-refractivity contribution in [3.8, 4) is 6.07 Å². The predicted octanol–water partition coefficient (Wildman–Crippen LogP) is 2.64. The first-order valence-electron chi connectivity index (χ1n) is 3.02. The summed E-state index contributed by atoms with van der Waals surface area (Å²) in [7, 11) is 0. The van der Waals surface area contributed by atoms with E-state index < -0.39 is 5.82 Å². The average molecular weight is 162 g/mol. The van der Waals surface area contributed by atoms with Crippen LogP contribution in [0.15, 0.2) is 23.3 Å². The molecule has 0 spiro atoms. The minimum absolute atomic E-state index is 0.0350. The normalized spacial score (nSPS) is 8.33. The molecule has 0 radical (unpaired) electrons. The van der Waals surface area contributed by atoms with Crippen molar-refractivity contribution < 1.29 is 4.39 Å². The number of nitrogens with zero attached hydrogens (tertiary/aromatic N) is 4. The van der Waals surface area contributed by atoms with E-state index in [1.807, 2.05) is 0 Å². The molecule has 0 N–H and O–H groups in total. The van der Waals surface area contributed by atoms with Crippen LogP contribution in [0.25, 0.3) is 10.4 Å². The van der Waals surface area contributed by atoms with Crippen LogP contribution in [0, 0.1) is 17.1 Å². The van der Waals surface area contributed by atoms with Crippen molar-refractivity contribution >= 4 is 5.69 Å². The van der Waals surface area contributed by atoms with Gasteiger partial charge in [-0.1, -0.05) is 5.11 Å². The van der Waals surface area contributed by atoms with Crippen molar-refractivity contribution in [2.45, 2.75) is 0 Å². The fraction of sp³-hybridized carbons (Fsp3) is 0. The van der Waals surface area contributed by atoms with Crippen LogP contribution in [0.3, 0.4) is 0 Å². The molecule has 12 heavy (non-hydrogen) atoms. The summed E-state index contributed by atoms with van der Waals surface area (Å²) in [6.45, 7) is 0. The van der Waals surface area contributed by atoms with Crippen molar-refractivity contribution in [3.63, 3.8) is 0 Å². The first-order valence-corrected chi connectivity index (χ1v) is 3.02. The summed E-state index contributed by atoms with van der Waals surface area (Å²) in [5, 5.41) is 11.7. The second-order valence-electron chi connectivity index (χ2n) is 1.96. The molecule has 1 aromatic rings. The van der Waals surface area contributed by atoms with Gasteiger partial charge in [0.25, 0.3) is 0 Å². The molecule has 0 aliphatic carbocycles. The van der Waals surface area contributed by atoms with E-state index in [1.54, 1.807) is 6.07 Å². The molecule has 0 atom stereocenters. The SMILES string of the molecule is N#Cc1cc(F)ccc1N=[N+]=[N-]. The summed E-state index contributed by atoms with van der Waals surface area (Å²) < 4.78 is 12.5. The van der Waals surface area contributed by atoms with Crippen LogP contribution in [0.5, 0.6) is 0 Å². The largest absolute Gasteiger partial charge is 0.207 e. The Labute approximate surface area is 67.5 Å². The van der Waals surface area contributed by atoms with Crippen LogP contribution in [0.1, 0.15) is 5.56 Å². The molecule has 58 valence electrons. The second kappa shape index (κ2) is 3.37. The Bertz CT molecular complexity index is 387. The highest BCUT2D eigenvalue weighted by atomic mass is 19.1. The Morgan fingerprint density at radius 2 is 2.33 bits per heavy atom. The molecule has 1 rings (SSSR count). The first kappa shape index (κ1) is 8.05. The van der Waals surface area contributed by atoms with E-state index in [1.165, 1.54) is 6.07 Å². The summed E-state index contributed by atoms with van der Waals surface area (Å²) in [5.41, 5.74) is 8.24. The fourth-order valence-electron chi connectivity index (χ4n) is 0.733. The van der Waals surface area contributed by atoms with Gasteiger partial charge in [0.1, 0.15) is 5.82 Å². The Kier molecular flexibility index (Phi) is 2.26. The van der Waals surface area contributed by atoms with Crippen LogP contribution < -0.4 is 0 Å². The standard InChI is InChI=1S/C7H3FN4/c8-6-1-2-7(11-12-10)5(3-6)4-9/h1-3H. The highest BCUT2D eigenvalue weighted by Crippen LogP contribution is 2.18. The van der Waals surface area contributed by atoms with Crippen LogP contribution in [-0.2, 0) is 0 Å². The summed E-state index contributed by atoms with van der Waals surface area (Å²) in [5.74, 6) is -0.525. The van der Waals surface area contributed by atoms with Crippen molar-refractivity contribution in [2.24, 2.45) is 5.11 Å². The molecule has 5 heteroatoms. The molecule has 0 unspecified atom stereocenters. The molecule has 0 aliphatic heterocycles. The Balaban J connectivity index is 3.31. The van der Waals surface area contributed by atoms with E-state index >= 15 is 0 Å². The molecule has 0 aliphatic rings. The van der Waals surface area contributed by atoms with Gasteiger partial charge in [0.2, 0.25) is 0 Å². The van der Waals surface area contributed by atoms with Gasteiger partial charge in [-0.25, -0.2) is 4.39 Å². The van der Waals surface area contributed by atoms with Gasteiger partial charge >= 0.3 is 0 Å². The molecule has 1 aromatic carbocycles. The van der Waals surface area contributed by atoms with Gasteiger partial charge in [-0.05, 0) is 23.7 Å². The molecule has 0 saturated heterocycles. The smallest absolute Gasteiger partial charge is 0.124 e. The summed E-state index contributed by atoms with van der Waals surface area (Å²) >= 11 is 0. The molecule has 0 fully saturated rings. The van der Waals surface area contributed by atoms with E-state index in [9.17, 15) is 4.39 Å². The Hall–Kier alpha value is -2.05. The number of nitriles is 1. The van der Waals surface area contributed by atoms with Gasteiger partial charge in [-0.3, -0.25) is 0 Å². The van der Waals surface area contributed by atoms with Gasteiger partial charge in [0, 0.05) is 4.91 Å². The lowest BCUT2D eigenvalue weighted by Crippen LogP contribution is -1.78. The van der Waals surface area contributed by atoms with Crippen molar-refractivity contribution in [2.75, 3.05) is 0 Å². The third-order valence-electron chi connectivity index (χ3n) is 1.23. The number of halogens is 1. The molecule has 0 bridgehead atoms. The van der Waals surface area contributed by atoms with Crippen LogP contribution in [0.4, 0.5) is 10.1 Å². The first-order chi connectivity index (χ1) is 5.77. The summed E-state index contributed by atoms with van der Waals surface area (Å²) in [4.78, 5) is 2.50. The fourth-order valence-corrected chi connectivity index (χ4v) is 0.733. The lowest BCUT2D eigenvalue weighted by Gasteiger charge is -1.93. The lowest BCUT2D eigenvalue weighted by atomic mass is 10.2. The van der Waals surface area contributed by atoms with Gasteiger partial charge in [0.05, 0.1) is 17.3 Å². The highest BCUT2D eigenvalue weighted by molar-refractivity contribution is 5.52. The predicted molar refractivity (Wildman–Crippen MR) is 39.9 cm³/mol. The lowest BCUT2D eigenvalue weighted by molar-refractivity contribution is 0.627.